The number of nitrogens with one attached hydrogen (secondary N) is 1. The van der Waals surface area contributed by atoms with Crippen molar-refractivity contribution in [3.63, 3.8) is 0 Å². The Morgan fingerprint density at radius 2 is 2.05 bits per heavy atom. The SMILES string of the molecule is CC(C(=O)N1CCCC1CN)N1C(=O)NC2(CCCC2)C1=O. The summed E-state index contributed by atoms with van der Waals surface area (Å²) in [6, 6.07) is -1.17. The van der Waals surface area contributed by atoms with Crippen molar-refractivity contribution in [2.24, 2.45) is 5.73 Å². The predicted octanol–water partition coefficient (Wildman–Crippen LogP) is 0.189. The van der Waals surface area contributed by atoms with Gasteiger partial charge in [0.2, 0.25) is 5.91 Å². The van der Waals surface area contributed by atoms with Crippen LogP contribution in [0.15, 0.2) is 0 Å². The van der Waals surface area contributed by atoms with E-state index < -0.39 is 17.6 Å². The summed E-state index contributed by atoms with van der Waals surface area (Å²) in [4.78, 5) is 40.5. The minimum atomic E-state index is -0.764. The molecule has 1 spiro atoms. The number of carbonyl (C=O) groups is 3. The number of imide groups is 1. The first kappa shape index (κ1) is 15.3. The Morgan fingerprint density at radius 3 is 2.68 bits per heavy atom. The number of hydrogen-bond acceptors (Lipinski definition) is 4. The Kier molecular flexibility index (Phi) is 3.84. The molecular weight excluding hydrogens is 284 g/mol. The Labute approximate surface area is 130 Å². The van der Waals surface area contributed by atoms with Crippen molar-refractivity contribution in [3.05, 3.63) is 0 Å². The lowest BCUT2D eigenvalue weighted by Gasteiger charge is -2.30. The standard InChI is InChI=1S/C15H24N4O3/c1-10(12(20)18-8-4-5-11(18)9-16)19-13(21)15(17-14(19)22)6-2-3-7-15/h10-11H,2-9,16H2,1H3,(H,17,22). The number of amides is 4. The first-order chi connectivity index (χ1) is 10.5. The zero-order valence-electron chi connectivity index (χ0n) is 13.0. The fourth-order valence-electron chi connectivity index (χ4n) is 4.03. The maximum atomic E-state index is 12.7. The van der Waals surface area contributed by atoms with Crippen LogP contribution in [0.2, 0.25) is 0 Å². The van der Waals surface area contributed by atoms with Crippen molar-refractivity contribution < 1.29 is 14.4 Å². The van der Waals surface area contributed by atoms with Crippen LogP contribution < -0.4 is 11.1 Å². The zero-order valence-corrected chi connectivity index (χ0v) is 13.0. The summed E-state index contributed by atoms with van der Waals surface area (Å²) in [5.74, 6) is -0.411. The normalized spacial score (nSPS) is 28.5. The molecule has 3 aliphatic rings. The summed E-state index contributed by atoms with van der Waals surface area (Å²) in [5.41, 5.74) is 4.95. The molecule has 0 radical (unpaired) electrons. The third kappa shape index (κ3) is 2.18. The van der Waals surface area contributed by atoms with Gasteiger partial charge in [-0.25, -0.2) is 9.69 Å². The minimum Gasteiger partial charge on any atom is -0.337 e. The highest BCUT2D eigenvalue weighted by Crippen LogP contribution is 2.36. The van der Waals surface area contributed by atoms with Gasteiger partial charge in [0.05, 0.1) is 0 Å². The van der Waals surface area contributed by atoms with Gasteiger partial charge < -0.3 is 16.0 Å². The topological polar surface area (TPSA) is 95.7 Å². The third-order valence-electron chi connectivity index (χ3n) is 5.33. The van der Waals surface area contributed by atoms with Gasteiger partial charge in [-0.05, 0) is 32.6 Å². The van der Waals surface area contributed by atoms with Crippen LogP contribution in [0.1, 0.15) is 45.4 Å². The van der Waals surface area contributed by atoms with E-state index in [0.29, 0.717) is 25.9 Å². The van der Waals surface area contributed by atoms with Gasteiger partial charge in [-0.3, -0.25) is 9.59 Å². The van der Waals surface area contributed by atoms with E-state index >= 15 is 0 Å². The van der Waals surface area contributed by atoms with E-state index in [0.717, 1.165) is 30.6 Å². The molecule has 3 fully saturated rings. The second-order valence-corrected chi connectivity index (χ2v) is 6.63. The van der Waals surface area contributed by atoms with Gasteiger partial charge in [0.25, 0.3) is 5.91 Å². The number of likely N-dealkylation sites (tertiary alicyclic amines) is 1. The van der Waals surface area contributed by atoms with E-state index in [1.807, 2.05) is 0 Å². The van der Waals surface area contributed by atoms with Crippen molar-refractivity contribution in [1.82, 2.24) is 15.1 Å². The molecule has 1 saturated carbocycles. The maximum absolute atomic E-state index is 12.7. The molecule has 122 valence electrons. The molecule has 22 heavy (non-hydrogen) atoms. The Balaban J connectivity index is 1.77. The molecule has 1 aliphatic carbocycles. The lowest BCUT2D eigenvalue weighted by atomic mass is 9.97. The van der Waals surface area contributed by atoms with Gasteiger partial charge in [-0.2, -0.15) is 0 Å². The second-order valence-electron chi connectivity index (χ2n) is 6.63. The van der Waals surface area contributed by atoms with E-state index in [9.17, 15) is 14.4 Å². The molecule has 2 heterocycles. The molecule has 7 nitrogen and oxygen atoms in total. The van der Waals surface area contributed by atoms with Crippen LogP contribution in [0.3, 0.4) is 0 Å². The average Bonchev–Trinajstić information content (AvgIpc) is 3.19. The molecule has 0 aromatic rings. The molecule has 2 atom stereocenters. The molecule has 2 aliphatic heterocycles. The highest BCUT2D eigenvalue weighted by molar-refractivity contribution is 6.10. The van der Waals surface area contributed by atoms with Crippen molar-refractivity contribution >= 4 is 17.8 Å². The molecule has 3 N–H and O–H groups in total. The van der Waals surface area contributed by atoms with E-state index in [1.54, 1.807) is 11.8 Å². The number of carbonyl (C=O) groups excluding carboxylic acids is 3. The summed E-state index contributed by atoms with van der Waals surface area (Å²) >= 11 is 0. The fourth-order valence-corrected chi connectivity index (χ4v) is 4.03. The molecule has 0 bridgehead atoms. The van der Waals surface area contributed by atoms with Crippen LogP contribution in [0.4, 0.5) is 4.79 Å². The molecule has 3 rings (SSSR count). The van der Waals surface area contributed by atoms with Crippen LogP contribution in [0.25, 0.3) is 0 Å². The Hall–Kier alpha value is -1.63. The van der Waals surface area contributed by atoms with Gasteiger partial charge in [0.15, 0.2) is 0 Å². The lowest BCUT2D eigenvalue weighted by Crippen LogP contribution is -2.53. The molecule has 4 amide bonds. The third-order valence-corrected chi connectivity index (χ3v) is 5.33. The number of hydrogen-bond donors (Lipinski definition) is 2. The van der Waals surface area contributed by atoms with Crippen LogP contribution in [-0.2, 0) is 9.59 Å². The van der Waals surface area contributed by atoms with Crippen molar-refractivity contribution in [1.29, 1.82) is 0 Å². The van der Waals surface area contributed by atoms with Crippen molar-refractivity contribution in [2.45, 2.75) is 63.1 Å². The van der Waals surface area contributed by atoms with Crippen LogP contribution >= 0.6 is 0 Å². The van der Waals surface area contributed by atoms with Gasteiger partial charge in [0, 0.05) is 19.1 Å². The maximum Gasteiger partial charge on any atom is 0.325 e. The highest BCUT2D eigenvalue weighted by atomic mass is 16.2. The lowest BCUT2D eigenvalue weighted by molar-refractivity contribution is -0.143. The summed E-state index contributed by atoms with van der Waals surface area (Å²) < 4.78 is 0. The summed E-state index contributed by atoms with van der Waals surface area (Å²) in [6.07, 6.45) is 5.02. The van der Waals surface area contributed by atoms with Crippen LogP contribution in [0.5, 0.6) is 0 Å². The smallest absolute Gasteiger partial charge is 0.325 e. The van der Waals surface area contributed by atoms with E-state index in [1.165, 1.54) is 0 Å². The van der Waals surface area contributed by atoms with Crippen molar-refractivity contribution in [3.8, 4) is 0 Å². The molecule has 2 unspecified atom stereocenters. The number of rotatable bonds is 3. The van der Waals surface area contributed by atoms with E-state index in [2.05, 4.69) is 5.32 Å². The number of nitrogens with two attached hydrogens (primary N) is 1. The van der Waals surface area contributed by atoms with Crippen LogP contribution in [0, 0.1) is 0 Å². The number of nitrogens with zero attached hydrogens (tertiary/aromatic N) is 2. The molecule has 0 aromatic heterocycles. The first-order valence-electron chi connectivity index (χ1n) is 8.16. The predicted molar refractivity (Wildman–Crippen MR) is 79.8 cm³/mol. The number of urea groups is 1. The summed E-state index contributed by atoms with van der Waals surface area (Å²) in [5, 5.41) is 2.82. The highest BCUT2D eigenvalue weighted by Gasteiger charge is 2.55. The zero-order chi connectivity index (χ0) is 15.9. The van der Waals surface area contributed by atoms with Crippen molar-refractivity contribution in [2.75, 3.05) is 13.1 Å². The van der Waals surface area contributed by atoms with Crippen LogP contribution in [-0.4, -0.2) is 58.4 Å². The quantitative estimate of drug-likeness (QED) is 0.727. The van der Waals surface area contributed by atoms with E-state index in [-0.39, 0.29) is 17.9 Å². The van der Waals surface area contributed by atoms with Gasteiger partial charge >= 0.3 is 6.03 Å². The molecule has 0 aromatic carbocycles. The Morgan fingerprint density at radius 1 is 1.36 bits per heavy atom. The summed E-state index contributed by atoms with van der Waals surface area (Å²) in [6.45, 7) is 2.71. The monoisotopic (exact) mass is 308 g/mol. The Bertz CT molecular complexity index is 501. The molecule has 2 saturated heterocycles. The second kappa shape index (κ2) is 5.53. The first-order valence-corrected chi connectivity index (χ1v) is 8.16. The minimum absolute atomic E-state index is 0.0242. The van der Waals surface area contributed by atoms with Gasteiger partial charge in [0.1, 0.15) is 11.6 Å². The molecular formula is C15H24N4O3. The summed E-state index contributed by atoms with van der Waals surface area (Å²) in [7, 11) is 0. The van der Waals surface area contributed by atoms with Gasteiger partial charge in [-0.15, -0.1) is 0 Å². The fraction of sp³-hybridized carbons (Fsp3) is 0.800. The largest absolute Gasteiger partial charge is 0.337 e. The average molecular weight is 308 g/mol. The van der Waals surface area contributed by atoms with Gasteiger partial charge in [-0.1, -0.05) is 12.8 Å². The molecule has 7 heteroatoms. The van der Waals surface area contributed by atoms with E-state index in [4.69, 9.17) is 5.73 Å².